The third-order valence-electron chi connectivity index (χ3n) is 4.34. The maximum Gasteiger partial charge on any atom is 0.354 e. The van der Waals surface area contributed by atoms with Crippen LogP contribution in [0, 0.1) is 0 Å². The smallest absolute Gasteiger partial charge is 0.354 e. The molecule has 3 rings (SSSR count). The summed E-state index contributed by atoms with van der Waals surface area (Å²) in [6.07, 6.45) is 4.89. The van der Waals surface area contributed by atoms with Gasteiger partial charge in [0.05, 0.1) is 5.56 Å². The number of aromatic carboxylic acids is 1. The van der Waals surface area contributed by atoms with Crippen LogP contribution in [0.4, 0.5) is 0 Å². The van der Waals surface area contributed by atoms with Gasteiger partial charge >= 0.3 is 5.97 Å². The second kappa shape index (κ2) is 5.81. The standard InChI is InChI=1S/C15H19N3O3/c19-14(11-3-4-13(15(20)21)16-9-11)18-8-5-12(10-18)17-6-1-2-7-17/h3-4,9,12H,1-2,5-8,10H2,(H,20,21). The number of hydrogen-bond donors (Lipinski definition) is 1. The Hall–Kier alpha value is -1.95. The van der Waals surface area contributed by atoms with Crippen LogP contribution in [0.1, 0.15) is 40.1 Å². The summed E-state index contributed by atoms with van der Waals surface area (Å²) in [6, 6.07) is 3.40. The van der Waals surface area contributed by atoms with Crippen molar-refractivity contribution in [3.8, 4) is 0 Å². The van der Waals surface area contributed by atoms with E-state index in [0.29, 0.717) is 11.6 Å². The van der Waals surface area contributed by atoms with Gasteiger partial charge in [-0.25, -0.2) is 9.78 Å². The molecular formula is C15H19N3O3. The zero-order valence-electron chi connectivity index (χ0n) is 11.9. The molecule has 1 aromatic heterocycles. The largest absolute Gasteiger partial charge is 0.477 e. The summed E-state index contributed by atoms with van der Waals surface area (Å²) in [5, 5.41) is 8.82. The molecule has 1 aromatic rings. The lowest BCUT2D eigenvalue weighted by atomic mass is 10.2. The molecule has 0 aromatic carbocycles. The van der Waals surface area contributed by atoms with E-state index in [1.54, 1.807) is 6.07 Å². The molecule has 0 aliphatic carbocycles. The Bertz CT molecular complexity index is 538. The van der Waals surface area contributed by atoms with Crippen molar-refractivity contribution >= 4 is 11.9 Å². The Morgan fingerprint density at radius 2 is 1.95 bits per heavy atom. The maximum absolute atomic E-state index is 12.4. The van der Waals surface area contributed by atoms with Gasteiger partial charge in [-0.05, 0) is 44.5 Å². The second-order valence-corrected chi connectivity index (χ2v) is 5.67. The molecule has 1 atom stereocenters. The van der Waals surface area contributed by atoms with E-state index >= 15 is 0 Å². The second-order valence-electron chi connectivity index (χ2n) is 5.67. The molecule has 2 saturated heterocycles. The molecule has 0 bridgehead atoms. The number of carbonyl (C=O) groups is 2. The van der Waals surface area contributed by atoms with Crippen LogP contribution in [-0.2, 0) is 0 Å². The summed E-state index contributed by atoms with van der Waals surface area (Å²) < 4.78 is 0. The fourth-order valence-corrected chi connectivity index (χ4v) is 3.16. The lowest BCUT2D eigenvalue weighted by Crippen LogP contribution is -2.37. The molecule has 3 heterocycles. The molecule has 112 valence electrons. The van der Waals surface area contributed by atoms with E-state index in [1.807, 2.05) is 4.90 Å². The Kier molecular flexibility index (Phi) is 3.88. The number of likely N-dealkylation sites (tertiary alicyclic amines) is 2. The lowest BCUT2D eigenvalue weighted by Gasteiger charge is -2.23. The first kappa shape index (κ1) is 14.0. The minimum Gasteiger partial charge on any atom is -0.477 e. The van der Waals surface area contributed by atoms with Gasteiger partial charge in [-0.1, -0.05) is 0 Å². The minimum absolute atomic E-state index is 0.0390. The Morgan fingerprint density at radius 1 is 1.19 bits per heavy atom. The van der Waals surface area contributed by atoms with Crippen molar-refractivity contribution < 1.29 is 14.7 Å². The number of carbonyl (C=O) groups excluding carboxylic acids is 1. The van der Waals surface area contributed by atoms with Crippen molar-refractivity contribution in [2.75, 3.05) is 26.2 Å². The van der Waals surface area contributed by atoms with E-state index in [2.05, 4.69) is 9.88 Å². The molecular weight excluding hydrogens is 270 g/mol. The molecule has 0 radical (unpaired) electrons. The van der Waals surface area contributed by atoms with Crippen LogP contribution in [0.25, 0.3) is 0 Å². The quantitative estimate of drug-likeness (QED) is 0.901. The fourth-order valence-electron chi connectivity index (χ4n) is 3.16. The number of carboxylic acid groups (broad SMARTS) is 1. The van der Waals surface area contributed by atoms with Crippen LogP contribution in [0.3, 0.4) is 0 Å². The topological polar surface area (TPSA) is 73.7 Å². The molecule has 1 amide bonds. The third kappa shape index (κ3) is 2.90. The van der Waals surface area contributed by atoms with Gasteiger partial charge in [0.15, 0.2) is 0 Å². The van der Waals surface area contributed by atoms with E-state index in [1.165, 1.54) is 25.1 Å². The fraction of sp³-hybridized carbons (Fsp3) is 0.533. The molecule has 2 aliphatic rings. The van der Waals surface area contributed by atoms with Crippen molar-refractivity contribution in [3.63, 3.8) is 0 Å². The van der Waals surface area contributed by atoms with Crippen LogP contribution < -0.4 is 0 Å². The Labute approximate surface area is 123 Å². The van der Waals surface area contributed by atoms with E-state index in [9.17, 15) is 9.59 Å². The first-order valence-corrected chi connectivity index (χ1v) is 7.38. The molecule has 21 heavy (non-hydrogen) atoms. The molecule has 0 saturated carbocycles. The predicted molar refractivity (Wildman–Crippen MR) is 76.3 cm³/mol. The summed E-state index contributed by atoms with van der Waals surface area (Å²) in [5.74, 6) is -1.13. The number of carboxylic acids is 1. The number of rotatable bonds is 3. The SMILES string of the molecule is O=C(O)c1ccc(C(=O)N2CCC(N3CCCC3)C2)cn1. The number of nitrogens with zero attached hydrogens (tertiary/aromatic N) is 3. The average Bonchev–Trinajstić information content (AvgIpc) is 3.17. The van der Waals surface area contributed by atoms with Gasteiger partial charge in [0.2, 0.25) is 0 Å². The van der Waals surface area contributed by atoms with E-state index in [4.69, 9.17) is 5.11 Å². The molecule has 6 nitrogen and oxygen atoms in total. The van der Waals surface area contributed by atoms with Gasteiger partial charge in [-0.2, -0.15) is 0 Å². The monoisotopic (exact) mass is 289 g/mol. The first-order chi connectivity index (χ1) is 10.1. The number of pyridine rings is 1. The Morgan fingerprint density at radius 3 is 2.57 bits per heavy atom. The van der Waals surface area contributed by atoms with Crippen molar-refractivity contribution in [3.05, 3.63) is 29.6 Å². The summed E-state index contributed by atoms with van der Waals surface area (Å²) in [7, 11) is 0. The minimum atomic E-state index is -1.08. The maximum atomic E-state index is 12.4. The average molecular weight is 289 g/mol. The molecule has 0 spiro atoms. The number of amides is 1. The summed E-state index contributed by atoms with van der Waals surface area (Å²) in [6.45, 7) is 3.81. The van der Waals surface area contributed by atoms with Gasteiger partial charge in [0.1, 0.15) is 5.69 Å². The normalized spacial score (nSPS) is 22.7. The van der Waals surface area contributed by atoms with E-state index in [-0.39, 0.29) is 11.6 Å². The van der Waals surface area contributed by atoms with Gasteiger partial charge in [-0.3, -0.25) is 9.69 Å². The van der Waals surface area contributed by atoms with Crippen LogP contribution in [0.2, 0.25) is 0 Å². The van der Waals surface area contributed by atoms with E-state index < -0.39 is 5.97 Å². The molecule has 1 N–H and O–H groups in total. The van der Waals surface area contributed by atoms with Crippen molar-refractivity contribution in [2.24, 2.45) is 0 Å². The molecule has 1 unspecified atom stereocenters. The van der Waals surface area contributed by atoms with Crippen molar-refractivity contribution in [1.82, 2.24) is 14.8 Å². The number of aromatic nitrogens is 1. The van der Waals surface area contributed by atoms with Crippen LogP contribution in [0.5, 0.6) is 0 Å². The zero-order valence-corrected chi connectivity index (χ0v) is 11.9. The molecule has 6 heteroatoms. The van der Waals surface area contributed by atoms with Crippen LogP contribution in [-0.4, -0.2) is 64.0 Å². The van der Waals surface area contributed by atoms with Gasteiger partial charge in [-0.15, -0.1) is 0 Å². The molecule has 2 aliphatic heterocycles. The van der Waals surface area contributed by atoms with Gasteiger partial charge in [0.25, 0.3) is 5.91 Å². The van der Waals surface area contributed by atoms with Gasteiger partial charge < -0.3 is 10.0 Å². The van der Waals surface area contributed by atoms with Crippen LogP contribution >= 0.6 is 0 Å². The molecule has 2 fully saturated rings. The van der Waals surface area contributed by atoms with Crippen molar-refractivity contribution in [1.29, 1.82) is 0 Å². The first-order valence-electron chi connectivity index (χ1n) is 7.38. The van der Waals surface area contributed by atoms with E-state index in [0.717, 1.165) is 32.6 Å². The lowest BCUT2D eigenvalue weighted by molar-refractivity contribution is 0.0688. The predicted octanol–water partition coefficient (Wildman–Crippen LogP) is 1.09. The van der Waals surface area contributed by atoms with Gasteiger partial charge in [0, 0.05) is 25.3 Å². The zero-order chi connectivity index (χ0) is 14.8. The highest BCUT2D eigenvalue weighted by atomic mass is 16.4. The highest BCUT2D eigenvalue weighted by Crippen LogP contribution is 2.21. The highest BCUT2D eigenvalue weighted by molar-refractivity contribution is 5.95. The summed E-state index contributed by atoms with van der Waals surface area (Å²) in [5.41, 5.74) is 0.421. The van der Waals surface area contributed by atoms with Crippen molar-refractivity contribution in [2.45, 2.75) is 25.3 Å². The third-order valence-corrected chi connectivity index (χ3v) is 4.34. The summed E-state index contributed by atoms with van der Waals surface area (Å²) >= 11 is 0. The Balaban J connectivity index is 1.64. The number of hydrogen-bond acceptors (Lipinski definition) is 4. The highest BCUT2D eigenvalue weighted by Gasteiger charge is 2.32. The van der Waals surface area contributed by atoms with Crippen LogP contribution in [0.15, 0.2) is 18.3 Å². The summed E-state index contributed by atoms with van der Waals surface area (Å²) in [4.78, 5) is 31.3.